The van der Waals surface area contributed by atoms with Gasteiger partial charge in [0, 0.05) is 48.5 Å². The first-order valence-corrected chi connectivity index (χ1v) is 8.91. The molecule has 1 aliphatic rings. The molecular weight excluding hydrogens is 344 g/mol. The van der Waals surface area contributed by atoms with E-state index >= 15 is 0 Å². The fourth-order valence-electron chi connectivity index (χ4n) is 3.67. The zero-order chi connectivity index (χ0) is 18.2. The van der Waals surface area contributed by atoms with Crippen LogP contribution in [0.15, 0.2) is 54.4 Å². The minimum atomic E-state index is -0.161. The number of pyridine rings is 1. The van der Waals surface area contributed by atoms with Crippen molar-refractivity contribution in [3.8, 4) is 0 Å². The predicted octanol–water partition coefficient (Wildman–Crippen LogP) is 0.730. The minimum Gasteiger partial charge on any atom is -1.00 e. The van der Waals surface area contributed by atoms with E-state index in [4.69, 9.17) is 0 Å². The van der Waals surface area contributed by atoms with Gasteiger partial charge in [0.25, 0.3) is 0 Å². The molecule has 0 unspecified atom stereocenters. The first-order chi connectivity index (χ1) is 11.8. The number of allylic oxidation sites excluding steroid dienone is 2. The van der Waals surface area contributed by atoms with Crippen LogP contribution in [0.2, 0.25) is 0 Å². The highest BCUT2D eigenvalue weighted by Gasteiger charge is 2.38. The Kier molecular flexibility index (Phi) is 5.92. The van der Waals surface area contributed by atoms with E-state index in [0.717, 1.165) is 17.8 Å². The van der Waals surface area contributed by atoms with Crippen LogP contribution in [0.25, 0.3) is 0 Å². The van der Waals surface area contributed by atoms with Gasteiger partial charge in [-0.15, -0.1) is 0 Å². The molecule has 0 spiro atoms. The summed E-state index contributed by atoms with van der Waals surface area (Å²) in [6.07, 6.45) is 4.88. The average molecular weight is 371 g/mol. The molecule has 1 aromatic carbocycles. The van der Waals surface area contributed by atoms with Crippen molar-refractivity contribution in [1.82, 2.24) is 0 Å². The Balaban J connectivity index is 0.00000243. The molecule has 2 heterocycles. The van der Waals surface area contributed by atoms with Crippen LogP contribution in [0, 0.1) is 6.92 Å². The molecule has 0 fully saturated rings. The number of anilines is 1. The standard InChI is InChI=1S/C22H27N2O.ClH/c1-6-17-12-11-16(2)24(14-17)15-18(25)13-21-22(3,4)19-9-7-8-10-20(19)23(21)5;/h7-14H,6,15H2,1-5H3;1H/q+1;/p-1/b21-13+;. The number of hydrogen-bond acceptors (Lipinski definition) is 2. The van der Waals surface area contributed by atoms with Gasteiger partial charge >= 0.3 is 0 Å². The summed E-state index contributed by atoms with van der Waals surface area (Å²) < 4.78 is 2.05. The van der Waals surface area contributed by atoms with E-state index in [0.29, 0.717) is 6.54 Å². The first-order valence-electron chi connectivity index (χ1n) is 8.91. The summed E-state index contributed by atoms with van der Waals surface area (Å²) in [5.74, 6) is 0.129. The normalized spacial score (nSPS) is 16.3. The third-order valence-electron chi connectivity index (χ3n) is 5.29. The minimum absolute atomic E-state index is 0. The van der Waals surface area contributed by atoms with Crippen molar-refractivity contribution in [1.29, 1.82) is 0 Å². The van der Waals surface area contributed by atoms with Crippen LogP contribution < -0.4 is 21.9 Å². The topological polar surface area (TPSA) is 24.2 Å². The molecule has 0 amide bonds. The molecule has 0 saturated heterocycles. The number of para-hydroxylation sites is 1. The molecule has 0 saturated carbocycles. The van der Waals surface area contributed by atoms with E-state index in [9.17, 15) is 4.79 Å². The molecule has 26 heavy (non-hydrogen) atoms. The summed E-state index contributed by atoms with van der Waals surface area (Å²) in [6.45, 7) is 8.92. The summed E-state index contributed by atoms with van der Waals surface area (Å²) >= 11 is 0. The number of aryl methyl sites for hydroxylation is 2. The lowest BCUT2D eigenvalue weighted by molar-refractivity contribution is -0.690. The maximum atomic E-state index is 12.8. The number of hydrogen-bond donors (Lipinski definition) is 0. The van der Waals surface area contributed by atoms with E-state index < -0.39 is 0 Å². The van der Waals surface area contributed by atoms with Crippen LogP contribution >= 0.6 is 0 Å². The highest BCUT2D eigenvalue weighted by molar-refractivity contribution is 5.91. The van der Waals surface area contributed by atoms with Crippen molar-refractivity contribution in [2.45, 2.75) is 46.1 Å². The third-order valence-corrected chi connectivity index (χ3v) is 5.29. The molecule has 3 rings (SSSR count). The van der Waals surface area contributed by atoms with Gasteiger partial charge in [-0.1, -0.05) is 39.0 Å². The van der Waals surface area contributed by atoms with Crippen molar-refractivity contribution >= 4 is 11.5 Å². The molecular formula is C22H27ClN2O. The van der Waals surface area contributed by atoms with Gasteiger partial charge in [0.15, 0.2) is 11.9 Å². The van der Waals surface area contributed by atoms with Crippen molar-refractivity contribution < 1.29 is 21.8 Å². The predicted molar refractivity (Wildman–Crippen MR) is 102 cm³/mol. The summed E-state index contributed by atoms with van der Waals surface area (Å²) in [5.41, 5.74) is 5.70. The van der Waals surface area contributed by atoms with Gasteiger partial charge < -0.3 is 17.3 Å². The Hall–Kier alpha value is -2.13. The molecule has 4 heteroatoms. The molecule has 2 aromatic rings. The molecule has 0 N–H and O–H groups in total. The Morgan fingerprint density at radius 2 is 1.88 bits per heavy atom. The summed E-state index contributed by atoms with van der Waals surface area (Å²) in [6, 6.07) is 12.6. The second-order valence-corrected chi connectivity index (χ2v) is 7.36. The molecule has 0 atom stereocenters. The van der Waals surface area contributed by atoms with Gasteiger partial charge in [0.05, 0.1) is 0 Å². The lowest BCUT2D eigenvalue weighted by Crippen LogP contribution is -3.00. The SMILES string of the molecule is CCc1ccc(C)[n+](CC(=O)/C=C2/N(C)c3ccccc3C2(C)C)c1.[Cl-]. The average Bonchev–Trinajstić information content (AvgIpc) is 2.78. The fraction of sp³-hybridized carbons (Fsp3) is 0.364. The van der Waals surface area contributed by atoms with Crippen molar-refractivity contribution in [2.75, 3.05) is 11.9 Å². The molecule has 0 aliphatic carbocycles. The summed E-state index contributed by atoms with van der Waals surface area (Å²) in [5, 5.41) is 0. The Morgan fingerprint density at radius 1 is 1.19 bits per heavy atom. The number of likely N-dealkylation sites (N-methyl/N-ethyl adjacent to an activating group) is 1. The van der Waals surface area contributed by atoms with Gasteiger partial charge in [0.2, 0.25) is 12.3 Å². The number of aromatic nitrogens is 1. The summed E-state index contributed by atoms with van der Waals surface area (Å²) in [4.78, 5) is 14.9. The molecule has 0 bridgehead atoms. The molecule has 1 aromatic heterocycles. The van der Waals surface area contributed by atoms with Crippen LogP contribution in [0.5, 0.6) is 0 Å². The summed E-state index contributed by atoms with van der Waals surface area (Å²) in [7, 11) is 2.04. The first kappa shape index (κ1) is 20.2. The van der Waals surface area contributed by atoms with Gasteiger partial charge in [0.1, 0.15) is 0 Å². The number of fused-ring (bicyclic) bond motifs is 1. The molecule has 138 valence electrons. The second-order valence-electron chi connectivity index (χ2n) is 7.36. The Bertz CT molecular complexity index is 855. The maximum absolute atomic E-state index is 12.8. The third kappa shape index (κ3) is 3.54. The zero-order valence-electron chi connectivity index (χ0n) is 16.2. The van der Waals surface area contributed by atoms with Crippen LogP contribution in [0.1, 0.15) is 37.6 Å². The Labute approximate surface area is 162 Å². The zero-order valence-corrected chi connectivity index (χ0v) is 17.0. The maximum Gasteiger partial charge on any atom is 0.222 e. The number of nitrogens with zero attached hydrogens (tertiary/aromatic N) is 2. The van der Waals surface area contributed by atoms with Gasteiger partial charge in [-0.3, -0.25) is 4.79 Å². The van der Waals surface area contributed by atoms with Crippen LogP contribution in [-0.2, 0) is 23.2 Å². The quantitative estimate of drug-likeness (QED) is 0.585. The lowest BCUT2D eigenvalue weighted by Gasteiger charge is -2.23. The van der Waals surface area contributed by atoms with E-state index in [-0.39, 0.29) is 23.6 Å². The van der Waals surface area contributed by atoms with E-state index in [1.807, 2.05) is 30.7 Å². The molecule has 1 aliphatic heterocycles. The number of carbonyl (C=O) groups excluding carboxylic acids is 1. The fourth-order valence-corrected chi connectivity index (χ4v) is 3.67. The van der Waals surface area contributed by atoms with Crippen LogP contribution in [-0.4, -0.2) is 12.8 Å². The van der Waals surface area contributed by atoms with E-state index in [1.54, 1.807) is 0 Å². The van der Waals surface area contributed by atoms with Crippen molar-refractivity contribution in [3.63, 3.8) is 0 Å². The lowest BCUT2D eigenvalue weighted by atomic mass is 9.83. The number of carbonyl (C=O) groups is 1. The highest BCUT2D eigenvalue weighted by atomic mass is 35.5. The largest absolute Gasteiger partial charge is 1.00 e. The van der Waals surface area contributed by atoms with Gasteiger partial charge in [-0.25, -0.2) is 0 Å². The van der Waals surface area contributed by atoms with Crippen molar-refractivity contribution in [3.05, 3.63) is 71.2 Å². The van der Waals surface area contributed by atoms with E-state index in [2.05, 4.69) is 62.2 Å². The second kappa shape index (κ2) is 7.63. The monoisotopic (exact) mass is 370 g/mol. The highest BCUT2D eigenvalue weighted by Crippen LogP contribution is 2.46. The van der Waals surface area contributed by atoms with Crippen molar-refractivity contribution in [2.24, 2.45) is 0 Å². The number of halogens is 1. The van der Waals surface area contributed by atoms with Gasteiger partial charge in [-0.2, -0.15) is 4.57 Å². The van der Waals surface area contributed by atoms with Gasteiger partial charge in [-0.05, 0) is 24.1 Å². The molecule has 0 radical (unpaired) electrons. The number of benzene rings is 1. The smallest absolute Gasteiger partial charge is 0.222 e. The molecule has 3 nitrogen and oxygen atoms in total. The van der Waals surface area contributed by atoms with Crippen LogP contribution in [0.4, 0.5) is 5.69 Å². The van der Waals surface area contributed by atoms with E-state index in [1.165, 1.54) is 16.8 Å². The Morgan fingerprint density at radius 3 is 2.54 bits per heavy atom. The number of rotatable bonds is 4. The number of ketones is 1. The van der Waals surface area contributed by atoms with Crippen LogP contribution in [0.3, 0.4) is 0 Å².